The molecule has 0 aliphatic carbocycles. The second-order valence-electron chi connectivity index (χ2n) is 4.17. The van der Waals surface area contributed by atoms with Gasteiger partial charge in [0.25, 0.3) is 21.1 Å². The number of nitrogens with one attached hydrogen (secondary N) is 3. The predicted molar refractivity (Wildman–Crippen MR) is 80.3 cm³/mol. The summed E-state index contributed by atoms with van der Waals surface area (Å²) in [6.45, 7) is 0. The van der Waals surface area contributed by atoms with Crippen molar-refractivity contribution in [2.75, 3.05) is 4.72 Å². The highest BCUT2D eigenvalue weighted by atomic mass is 32.2. The van der Waals surface area contributed by atoms with Crippen molar-refractivity contribution in [1.29, 1.82) is 0 Å². The molecule has 0 saturated carbocycles. The maximum absolute atomic E-state index is 12.2. The molecule has 9 heteroatoms. The van der Waals surface area contributed by atoms with Gasteiger partial charge in [-0.25, -0.2) is 8.42 Å². The van der Waals surface area contributed by atoms with Gasteiger partial charge in [0, 0.05) is 0 Å². The van der Waals surface area contributed by atoms with Crippen molar-refractivity contribution in [3.8, 4) is 0 Å². The summed E-state index contributed by atoms with van der Waals surface area (Å²) in [5.41, 5.74) is -1.01. The average Bonchev–Trinajstić information content (AvgIpc) is 2.98. The van der Waals surface area contributed by atoms with Crippen LogP contribution in [0.25, 0.3) is 10.8 Å². The van der Waals surface area contributed by atoms with Crippen LogP contribution in [0.15, 0.2) is 49.5 Å². The number of aromatic amines is 2. The maximum Gasteiger partial charge on any atom is 0.272 e. The van der Waals surface area contributed by atoms with Crippen molar-refractivity contribution in [3.63, 3.8) is 0 Å². The van der Waals surface area contributed by atoms with Gasteiger partial charge in [-0.3, -0.25) is 24.5 Å². The van der Waals surface area contributed by atoms with E-state index in [-0.39, 0.29) is 20.7 Å². The van der Waals surface area contributed by atoms with Gasteiger partial charge in [-0.15, -0.1) is 11.3 Å². The van der Waals surface area contributed by atoms with E-state index in [1.165, 1.54) is 24.3 Å². The molecule has 0 fully saturated rings. The van der Waals surface area contributed by atoms with Crippen molar-refractivity contribution >= 4 is 37.8 Å². The van der Waals surface area contributed by atoms with E-state index < -0.39 is 21.1 Å². The van der Waals surface area contributed by atoms with Crippen LogP contribution in [-0.4, -0.2) is 18.6 Å². The van der Waals surface area contributed by atoms with Gasteiger partial charge >= 0.3 is 0 Å². The molecule has 0 unspecified atom stereocenters. The highest BCUT2D eigenvalue weighted by Gasteiger charge is 2.18. The maximum atomic E-state index is 12.2. The fraction of sp³-hybridized carbons (Fsp3) is 0. The number of H-pyrrole nitrogens is 2. The van der Waals surface area contributed by atoms with Crippen LogP contribution < -0.4 is 15.8 Å². The summed E-state index contributed by atoms with van der Waals surface area (Å²) in [6.07, 6.45) is 0. The van der Waals surface area contributed by atoms with Gasteiger partial charge in [0.2, 0.25) is 0 Å². The molecule has 1 aromatic carbocycles. The minimum absolute atomic E-state index is 0.00128. The third-order valence-electron chi connectivity index (χ3n) is 2.83. The van der Waals surface area contributed by atoms with Gasteiger partial charge in [-0.2, -0.15) is 0 Å². The zero-order valence-electron chi connectivity index (χ0n) is 10.4. The smallest absolute Gasteiger partial charge is 0.272 e. The number of fused-ring (bicyclic) bond motifs is 1. The van der Waals surface area contributed by atoms with Crippen LogP contribution in [0.3, 0.4) is 0 Å². The second kappa shape index (κ2) is 4.86. The Morgan fingerprint density at radius 2 is 1.76 bits per heavy atom. The van der Waals surface area contributed by atoms with Crippen molar-refractivity contribution in [1.82, 2.24) is 10.2 Å². The highest BCUT2D eigenvalue weighted by molar-refractivity contribution is 7.94. The summed E-state index contributed by atoms with van der Waals surface area (Å²) >= 11 is 1.06. The molecule has 0 bridgehead atoms. The molecule has 3 rings (SSSR count). The number of hydrogen-bond acceptors (Lipinski definition) is 5. The third-order valence-corrected chi connectivity index (χ3v) is 5.59. The third kappa shape index (κ3) is 2.36. The van der Waals surface area contributed by atoms with E-state index in [0.717, 1.165) is 11.3 Å². The molecule has 0 aliphatic heterocycles. The molecular formula is C12H9N3O4S2. The molecule has 0 spiro atoms. The minimum atomic E-state index is -3.79. The first-order chi connectivity index (χ1) is 9.99. The second-order valence-corrected chi connectivity index (χ2v) is 7.03. The van der Waals surface area contributed by atoms with E-state index in [0.29, 0.717) is 0 Å². The predicted octanol–water partition coefficient (Wildman–Crippen LogP) is 1.08. The van der Waals surface area contributed by atoms with E-state index >= 15 is 0 Å². The van der Waals surface area contributed by atoms with Crippen molar-refractivity contribution in [2.24, 2.45) is 0 Å². The topological polar surface area (TPSA) is 112 Å². The van der Waals surface area contributed by atoms with Crippen molar-refractivity contribution < 1.29 is 8.42 Å². The largest absolute Gasteiger partial charge is 0.278 e. The number of rotatable bonds is 3. The Morgan fingerprint density at radius 1 is 1.00 bits per heavy atom. The monoisotopic (exact) mass is 323 g/mol. The quantitative estimate of drug-likeness (QED) is 0.669. The summed E-state index contributed by atoms with van der Waals surface area (Å²) in [7, 11) is -3.79. The van der Waals surface area contributed by atoms with Gasteiger partial charge in [0.15, 0.2) is 0 Å². The molecule has 21 heavy (non-hydrogen) atoms. The van der Waals surface area contributed by atoms with E-state index in [4.69, 9.17) is 0 Å². The Labute approximate surface area is 122 Å². The van der Waals surface area contributed by atoms with Crippen LogP contribution >= 0.6 is 11.3 Å². The van der Waals surface area contributed by atoms with Gasteiger partial charge < -0.3 is 0 Å². The Kier molecular flexibility index (Phi) is 3.15. The molecular weight excluding hydrogens is 314 g/mol. The number of thiophene rings is 1. The molecule has 0 amide bonds. The van der Waals surface area contributed by atoms with E-state index in [1.807, 2.05) is 0 Å². The first kappa shape index (κ1) is 13.6. The Morgan fingerprint density at radius 3 is 2.48 bits per heavy atom. The zero-order chi connectivity index (χ0) is 15.0. The molecule has 0 radical (unpaired) electrons. The lowest BCUT2D eigenvalue weighted by molar-refractivity contribution is 0.603. The molecule has 0 aliphatic rings. The molecule has 3 aromatic rings. The number of anilines is 1. The normalized spacial score (nSPS) is 11.6. The Balaban J connectivity index is 2.21. The van der Waals surface area contributed by atoms with Gasteiger partial charge in [0.1, 0.15) is 4.21 Å². The molecule has 7 nitrogen and oxygen atoms in total. The standard InChI is InChI=1S/C12H9N3O4S2/c16-11-7-3-1-4-8(10(7)12(17)14-13-11)15-21(18,19)9-5-2-6-20-9/h1-6,15H,(H,13,16)(H,14,17). The molecule has 2 aromatic heterocycles. The SMILES string of the molecule is O=c1[nH][nH]c(=O)c2c(NS(=O)(=O)c3cccs3)cccc12. The van der Waals surface area contributed by atoms with Crippen LogP contribution in [0.2, 0.25) is 0 Å². The van der Waals surface area contributed by atoms with Crippen LogP contribution in [0.4, 0.5) is 5.69 Å². The summed E-state index contributed by atoms with van der Waals surface area (Å²) < 4.78 is 26.9. The Bertz CT molecular complexity index is 1020. The van der Waals surface area contributed by atoms with Crippen LogP contribution in [-0.2, 0) is 10.0 Å². The Hall–Kier alpha value is -2.39. The molecule has 0 atom stereocenters. The van der Waals surface area contributed by atoms with Gasteiger partial charge in [0.05, 0.1) is 16.5 Å². The average molecular weight is 323 g/mol. The lowest BCUT2D eigenvalue weighted by Crippen LogP contribution is -2.21. The number of benzene rings is 1. The molecule has 2 heterocycles. The molecule has 108 valence electrons. The summed E-state index contributed by atoms with van der Waals surface area (Å²) in [4.78, 5) is 23.5. The first-order valence-electron chi connectivity index (χ1n) is 5.79. The van der Waals surface area contributed by atoms with Gasteiger partial charge in [-0.1, -0.05) is 12.1 Å². The zero-order valence-corrected chi connectivity index (χ0v) is 12.0. The summed E-state index contributed by atoms with van der Waals surface area (Å²) in [5, 5.41) is 6.12. The number of aromatic nitrogens is 2. The van der Waals surface area contributed by atoms with Crippen molar-refractivity contribution in [2.45, 2.75) is 4.21 Å². The first-order valence-corrected chi connectivity index (χ1v) is 8.15. The summed E-state index contributed by atoms with van der Waals surface area (Å²) in [5.74, 6) is 0. The van der Waals surface area contributed by atoms with Crippen LogP contribution in [0.1, 0.15) is 0 Å². The van der Waals surface area contributed by atoms with Gasteiger partial charge in [-0.05, 0) is 23.6 Å². The number of sulfonamides is 1. The highest BCUT2D eigenvalue weighted by Crippen LogP contribution is 2.23. The number of hydrogen-bond donors (Lipinski definition) is 3. The molecule has 3 N–H and O–H groups in total. The summed E-state index contributed by atoms with van der Waals surface area (Å²) in [6, 6.07) is 7.45. The van der Waals surface area contributed by atoms with Crippen LogP contribution in [0.5, 0.6) is 0 Å². The fourth-order valence-corrected chi connectivity index (χ4v) is 3.99. The lowest BCUT2D eigenvalue weighted by atomic mass is 10.2. The van der Waals surface area contributed by atoms with E-state index in [9.17, 15) is 18.0 Å². The van der Waals surface area contributed by atoms with E-state index in [1.54, 1.807) is 11.4 Å². The van der Waals surface area contributed by atoms with E-state index in [2.05, 4.69) is 14.9 Å². The lowest BCUT2D eigenvalue weighted by Gasteiger charge is -2.08. The van der Waals surface area contributed by atoms with Crippen molar-refractivity contribution in [3.05, 3.63) is 56.4 Å². The minimum Gasteiger partial charge on any atom is -0.278 e. The van der Waals surface area contributed by atoms with Crippen LogP contribution in [0, 0.1) is 0 Å². The fourth-order valence-electron chi connectivity index (χ4n) is 1.93. The molecule has 0 saturated heterocycles.